The van der Waals surface area contributed by atoms with E-state index in [2.05, 4.69) is 5.32 Å². The topological polar surface area (TPSA) is 75.6 Å². The fourth-order valence-corrected chi connectivity index (χ4v) is 2.58. The Hall–Kier alpha value is -2.18. The lowest BCUT2D eigenvalue weighted by Crippen LogP contribution is -2.21. The quantitative estimate of drug-likeness (QED) is 0.823. The standard InChI is InChI=1S/C16H17NO4S/c1-2-21-10-12-5-3-11(4-6-12)9-17-15(18)13-7-8-14(22-13)16(19)20/h3-8H,2,9-10H2,1H3,(H,17,18)(H,19,20). The zero-order valence-corrected chi connectivity index (χ0v) is 13.0. The maximum Gasteiger partial charge on any atom is 0.345 e. The Labute approximate surface area is 132 Å². The van der Waals surface area contributed by atoms with E-state index in [1.165, 1.54) is 12.1 Å². The van der Waals surface area contributed by atoms with Crippen molar-refractivity contribution in [2.75, 3.05) is 6.61 Å². The molecule has 0 spiro atoms. The van der Waals surface area contributed by atoms with Gasteiger partial charge in [0, 0.05) is 13.2 Å². The lowest BCUT2D eigenvalue weighted by molar-refractivity contribution is 0.0702. The van der Waals surface area contributed by atoms with E-state index in [1.807, 2.05) is 31.2 Å². The lowest BCUT2D eigenvalue weighted by Gasteiger charge is -2.06. The molecule has 1 aromatic heterocycles. The van der Waals surface area contributed by atoms with Crippen LogP contribution in [-0.2, 0) is 17.9 Å². The normalized spacial score (nSPS) is 10.4. The Balaban J connectivity index is 1.88. The van der Waals surface area contributed by atoms with Gasteiger partial charge in [-0.3, -0.25) is 4.79 Å². The number of rotatable bonds is 7. The van der Waals surface area contributed by atoms with Crippen LogP contribution in [-0.4, -0.2) is 23.6 Å². The molecule has 22 heavy (non-hydrogen) atoms. The van der Waals surface area contributed by atoms with Crippen LogP contribution in [0.15, 0.2) is 36.4 Å². The molecule has 0 unspecified atom stereocenters. The summed E-state index contributed by atoms with van der Waals surface area (Å²) in [6.07, 6.45) is 0. The molecule has 0 atom stereocenters. The molecule has 5 nitrogen and oxygen atoms in total. The number of ether oxygens (including phenoxy) is 1. The van der Waals surface area contributed by atoms with Crippen LogP contribution in [0.5, 0.6) is 0 Å². The van der Waals surface area contributed by atoms with Gasteiger partial charge in [-0.2, -0.15) is 0 Å². The molecule has 0 aliphatic rings. The fraction of sp³-hybridized carbons (Fsp3) is 0.250. The maximum atomic E-state index is 11.9. The number of carbonyl (C=O) groups excluding carboxylic acids is 1. The molecule has 1 aromatic carbocycles. The lowest BCUT2D eigenvalue weighted by atomic mass is 10.1. The van der Waals surface area contributed by atoms with Crippen molar-refractivity contribution < 1.29 is 19.4 Å². The number of carbonyl (C=O) groups is 2. The van der Waals surface area contributed by atoms with Crippen LogP contribution in [0.1, 0.15) is 37.4 Å². The number of thiophene rings is 1. The summed E-state index contributed by atoms with van der Waals surface area (Å²) in [6.45, 7) is 3.60. The summed E-state index contributed by atoms with van der Waals surface area (Å²) in [4.78, 5) is 23.3. The average Bonchev–Trinajstić information content (AvgIpc) is 3.02. The van der Waals surface area contributed by atoms with Crippen molar-refractivity contribution >= 4 is 23.2 Å². The van der Waals surface area contributed by atoms with Gasteiger partial charge in [-0.1, -0.05) is 24.3 Å². The number of carboxylic acid groups (broad SMARTS) is 1. The molecule has 1 heterocycles. The van der Waals surface area contributed by atoms with E-state index in [9.17, 15) is 9.59 Å². The molecule has 1 amide bonds. The first kappa shape index (κ1) is 16.2. The van der Waals surface area contributed by atoms with E-state index in [1.54, 1.807) is 0 Å². The summed E-state index contributed by atoms with van der Waals surface area (Å²) in [6, 6.07) is 10.8. The van der Waals surface area contributed by atoms with Crippen molar-refractivity contribution in [1.29, 1.82) is 0 Å². The van der Waals surface area contributed by atoms with E-state index in [0.29, 0.717) is 24.6 Å². The molecule has 116 valence electrons. The molecule has 0 radical (unpaired) electrons. The van der Waals surface area contributed by atoms with Gasteiger partial charge in [-0.05, 0) is 30.2 Å². The first-order valence-electron chi connectivity index (χ1n) is 6.87. The smallest absolute Gasteiger partial charge is 0.345 e. The molecule has 0 aliphatic carbocycles. The van der Waals surface area contributed by atoms with Gasteiger partial charge in [0.25, 0.3) is 5.91 Å². The van der Waals surface area contributed by atoms with Crippen LogP contribution in [0.3, 0.4) is 0 Å². The van der Waals surface area contributed by atoms with Gasteiger partial charge in [0.05, 0.1) is 11.5 Å². The van der Waals surface area contributed by atoms with E-state index >= 15 is 0 Å². The highest BCUT2D eigenvalue weighted by atomic mass is 32.1. The number of aromatic carboxylic acids is 1. The highest BCUT2D eigenvalue weighted by molar-refractivity contribution is 7.15. The third-order valence-corrected chi connectivity index (χ3v) is 4.06. The monoisotopic (exact) mass is 319 g/mol. The Morgan fingerprint density at radius 1 is 1.09 bits per heavy atom. The number of hydrogen-bond donors (Lipinski definition) is 2. The van der Waals surface area contributed by atoms with Crippen molar-refractivity contribution in [1.82, 2.24) is 5.32 Å². The van der Waals surface area contributed by atoms with Crippen LogP contribution in [0, 0.1) is 0 Å². The predicted octanol–water partition coefficient (Wildman–Crippen LogP) is 2.91. The van der Waals surface area contributed by atoms with E-state index in [4.69, 9.17) is 9.84 Å². The number of hydrogen-bond acceptors (Lipinski definition) is 4. The largest absolute Gasteiger partial charge is 0.477 e. The summed E-state index contributed by atoms with van der Waals surface area (Å²) in [5, 5.41) is 11.6. The molecule has 6 heteroatoms. The molecule has 0 saturated heterocycles. The van der Waals surface area contributed by atoms with Crippen molar-refractivity contribution in [3.63, 3.8) is 0 Å². The third kappa shape index (κ3) is 4.41. The maximum absolute atomic E-state index is 11.9. The van der Waals surface area contributed by atoms with Gasteiger partial charge < -0.3 is 15.2 Å². The van der Waals surface area contributed by atoms with Gasteiger partial charge in [0.2, 0.25) is 0 Å². The second-order valence-corrected chi connectivity index (χ2v) is 5.69. The summed E-state index contributed by atoms with van der Waals surface area (Å²) < 4.78 is 5.32. The molecular weight excluding hydrogens is 302 g/mol. The first-order valence-corrected chi connectivity index (χ1v) is 7.68. The van der Waals surface area contributed by atoms with Crippen LogP contribution in [0.2, 0.25) is 0 Å². The molecular formula is C16H17NO4S. The van der Waals surface area contributed by atoms with Crippen LogP contribution >= 0.6 is 11.3 Å². The molecule has 0 aliphatic heterocycles. The number of benzene rings is 1. The second-order valence-electron chi connectivity index (χ2n) is 4.61. The van der Waals surface area contributed by atoms with Crippen LogP contribution < -0.4 is 5.32 Å². The predicted molar refractivity (Wildman–Crippen MR) is 84.2 cm³/mol. The zero-order valence-electron chi connectivity index (χ0n) is 12.2. The molecule has 2 aromatic rings. The first-order chi connectivity index (χ1) is 10.6. The Kier molecular flexibility index (Phi) is 5.68. The third-order valence-electron chi connectivity index (χ3n) is 2.99. The van der Waals surface area contributed by atoms with E-state index in [-0.39, 0.29) is 10.8 Å². The summed E-state index contributed by atoms with van der Waals surface area (Å²) in [7, 11) is 0. The minimum atomic E-state index is -1.02. The Bertz CT molecular complexity index is 648. The fourth-order valence-electron chi connectivity index (χ4n) is 1.82. The van der Waals surface area contributed by atoms with Gasteiger partial charge in [0.15, 0.2) is 0 Å². The van der Waals surface area contributed by atoms with Crippen LogP contribution in [0.25, 0.3) is 0 Å². The van der Waals surface area contributed by atoms with Crippen LogP contribution in [0.4, 0.5) is 0 Å². The zero-order chi connectivity index (χ0) is 15.9. The highest BCUT2D eigenvalue weighted by Crippen LogP contribution is 2.16. The molecule has 0 saturated carbocycles. The summed E-state index contributed by atoms with van der Waals surface area (Å²) >= 11 is 0.968. The molecule has 0 bridgehead atoms. The van der Waals surface area contributed by atoms with Gasteiger partial charge >= 0.3 is 5.97 Å². The Morgan fingerprint density at radius 2 is 1.73 bits per heavy atom. The number of amides is 1. The number of carboxylic acids is 1. The molecule has 2 N–H and O–H groups in total. The van der Waals surface area contributed by atoms with Crippen molar-refractivity contribution in [3.05, 3.63) is 57.3 Å². The van der Waals surface area contributed by atoms with Crippen molar-refractivity contribution in [2.45, 2.75) is 20.1 Å². The van der Waals surface area contributed by atoms with E-state index in [0.717, 1.165) is 22.5 Å². The van der Waals surface area contributed by atoms with Gasteiger partial charge in [-0.15, -0.1) is 11.3 Å². The van der Waals surface area contributed by atoms with Gasteiger partial charge in [-0.25, -0.2) is 4.79 Å². The molecule has 0 fully saturated rings. The minimum Gasteiger partial charge on any atom is -0.477 e. The second kappa shape index (κ2) is 7.72. The summed E-state index contributed by atoms with van der Waals surface area (Å²) in [5.41, 5.74) is 2.06. The number of nitrogens with one attached hydrogen (secondary N) is 1. The van der Waals surface area contributed by atoms with E-state index < -0.39 is 5.97 Å². The summed E-state index contributed by atoms with van der Waals surface area (Å²) in [5.74, 6) is -1.29. The van der Waals surface area contributed by atoms with Crippen molar-refractivity contribution in [3.8, 4) is 0 Å². The average molecular weight is 319 g/mol. The SMILES string of the molecule is CCOCc1ccc(CNC(=O)c2ccc(C(=O)O)s2)cc1. The highest BCUT2D eigenvalue weighted by Gasteiger charge is 2.12. The Morgan fingerprint density at radius 3 is 2.32 bits per heavy atom. The van der Waals surface area contributed by atoms with Gasteiger partial charge in [0.1, 0.15) is 4.88 Å². The minimum absolute atomic E-state index is 0.158. The van der Waals surface area contributed by atoms with Crippen molar-refractivity contribution in [2.24, 2.45) is 0 Å². The molecule has 2 rings (SSSR count).